The first-order valence-electron chi connectivity index (χ1n) is 9.18. The molecule has 0 saturated heterocycles. The largest absolute Gasteiger partial charge is 0.392 e. The lowest BCUT2D eigenvalue weighted by Gasteiger charge is -2.42. The zero-order valence-electron chi connectivity index (χ0n) is 15.3. The van der Waals surface area contributed by atoms with Gasteiger partial charge in [-0.15, -0.1) is 0 Å². The minimum absolute atomic E-state index is 0.152. The monoisotopic (exact) mass is 323 g/mol. The molecule has 0 heterocycles. The van der Waals surface area contributed by atoms with E-state index < -0.39 is 0 Å². The van der Waals surface area contributed by atoms with Crippen LogP contribution in [0.2, 0.25) is 0 Å². The topological polar surface area (TPSA) is 20.2 Å². The number of hydrogen-bond donors (Lipinski definition) is 1. The van der Waals surface area contributed by atoms with E-state index in [-0.39, 0.29) is 11.5 Å². The van der Waals surface area contributed by atoms with Gasteiger partial charge >= 0.3 is 0 Å². The number of rotatable bonds is 9. The fraction of sp³-hybridized carbons (Fsp3) is 0.435. The SMILES string of the molecule is C[CH]C(CCc1ccccc1)(C(C)CC)C(O)Cc1ccccc1. The summed E-state index contributed by atoms with van der Waals surface area (Å²) in [5.74, 6) is 0.449. The van der Waals surface area contributed by atoms with Crippen molar-refractivity contribution in [2.45, 2.75) is 52.6 Å². The molecule has 1 nitrogen and oxygen atoms in total. The quantitative estimate of drug-likeness (QED) is 0.648. The Morgan fingerprint density at radius 1 is 0.958 bits per heavy atom. The molecule has 0 fully saturated rings. The molecule has 24 heavy (non-hydrogen) atoms. The van der Waals surface area contributed by atoms with Crippen LogP contribution in [0.1, 0.15) is 44.7 Å². The van der Waals surface area contributed by atoms with Crippen LogP contribution in [0.15, 0.2) is 60.7 Å². The summed E-state index contributed by atoms with van der Waals surface area (Å²) in [4.78, 5) is 0. The van der Waals surface area contributed by atoms with Crippen LogP contribution in [0.25, 0.3) is 0 Å². The number of aryl methyl sites for hydroxylation is 1. The van der Waals surface area contributed by atoms with Gasteiger partial charge in [0.25, 0.3) is 0 Å². The molecular formula is C23H31O. The van der Waals surface area contributed by atoms with Gasteiger partial charge in [0.15, 0.2) is 0 Å². The van der Waals surface area contributed by atoms with Gasteiger partial charge in [0, 0.05) is 5.41 Å². The van der Waals surface area contributed by atoms with E-state index in [1.54, 1.807) is 0 Å². The first-order valence-corrected chi connectivity index (χ1v) is 9.18. The Labute approximate surface area is 147 Å². The molecule has 0 aliphatic rings. The first-order chi connectivity index (χ1) is 11.6. The average Bonchev–Trinajstić information content (AvgIpc) is 2.64. The Morgan fingerprint density at radius 2 is 1.50 bits per heavy atom. The van der Waals surface area contributed by atoms with E-state index in [1.165, 1.54) is 11.1 Å². The second-order valence-electron chi connectivity index (χ2n) is 6.90. The molecule has 0 aliphatic carbocycles. The summed E-state index contributed by atoms with van der Waals surface area (Å²) in [6.45, 7) is 6.62. The van der Waals surface area contributed by atoms with Gasteiger partial charge in [0.2, 0.25) is 0 Å². The van der Waals surface area contributed by atoms with Crippen LogP contribution in [-0.4, -0.2) is 11.2 Å². The third-order valence-electron chi connectivity index (χ3n) is 5.65. The number of hydrogen-bond acceptors (Lipinski definition) is 1. The summed E-state index contributed by atoms with van der Waals surface area (Å²) >= 11 is 0. The molecule has 0 amide bonds. The van der Waals surface area contributed by atoms with Crippen LogP contribution in [-0.2, 0) is 12.8 Å². The third-order valence-corrected chi connectivity index (χ3v) is 5.65. The van der Waals surface area contributed by atoms with Crippen LogP contribution >= 0.6 is 0 Å². The molecule has 0 bridgehead atoms. The van der Waals surface area contributed by atoms with Crippen molar-refractivity contribution in [3.05, 3.63) is 78.2 Å². The lowest BCUT2D eigenvalue weighted by Crippen LogP contribution is -2.42. The van der Waals surface area contributed by atoms with Crippen LogP contribution in [0, 0.1) is 17.8 Å². The molecule has 0 aliphatic heterocycles. The standard InChI is InChI=1S/C23H31O/c1-4-19(3)23(5-2,17-16-20-12-8-6-9-13-20)22(24)18-21-14-10-7-11-15-21/h5-15,19,22,24H,4,16-18H2,1-3H3. The summed E-state index contributed by atoms with van der Waals surface area (Å²) < 4.78 is 0. The van der Waals surface area contributed by atoms with Gasteiger partial charge in [-0.1, -0.05) is 87.9 Å². The van der Waals surface area contributed by atoms with Gasteiger partial charge in [-0.25, -0.2) is 0 Å². The molecule has 0 saturated carbocycles. The molecule has 1 heteroatoms. The molecule has 3 atom stereocenters. The summed E-state index contributed by atoms with van der Waals surface area (Å²) in [5, 5.41) is 11.2. The van der Waals surface area contributed by atoms with Gasteiger partial charge in [0.05, 0.1) is 6.10 Å². The second kappa shape index (κ2) is 9.03. The van der Waals surface area contributed by atoms with E-state index in [1.807, 2.05) is 18.2 Å². The molecule has 2 rings (SSSR count). The average molecular weight is 324 g/mol. The molecule has 3 unspecified atom stereocenters. The van der Waals surface area contributed by atoms with E-state index in [2.05, 4.69) is 69.7 Å². The predicted octanol–water partition coefficient (Wildman–Crippen LogP) is 5.48. The van der Waals surface area contributed by atoms with Crippen molar-refractivity contribution in [1.29, 1.82) is 0 Å². The molecule has 2 aromatic rings. The van der Waals surface area contributed by atoms with Crippen LogP contribution in [0.5, 0.6) is 0 Å². The first kappa shape index (κ1) is 18.7. The molecule has 1 N–H and O–H groups in total. The van der Waals surface area contributed by atoms with E-state index in [0.29, 0.717) is 12.3 Å². The van der Waals surface area contributed by atoms with Crippen molar-refractivity contribution in [3.63, 3.8) is 0 Å². The lowest BCUT2D eigenvalue weighted by molar-refractivity contribution is 0.00156. The van der Waals surface area contributed by atoms with Crippen molar-refractivity contribution >= 4 is 0 Å². The maximum atomic E-state index is 11.2. The zero-order valence-corrected chi connectivity index (χ0v) is 15.3. The smallest absolute Gasteiger partial charge is 0.0642 e. The van der Waals surface area contributed by atoms with Gasteiger partial charge in [-0.05, 0) is 42.7 Å². The fourth-order valence-corrected chi connectivity index (χ4v) is 3.78. The van der Waals surface area contributed by atoms with Gasteiger partial charge in [-0.3, -0.25) is 0 Å². The van der Waals surface area contributed by atoms with E-state index in [0.717, 1.165) is 19.3 Å². The van der Waals surface area contributed by atoms with Crippen molar-refractivity contribution in [2.24, 2.45) is 11.3 Å². The maximum absolute atomic E-state index is 11.2. The number of aliphatic hydroxyl groups excluding tert-OH is 1. The number of aliphatic hydroxyl groups is 1. The lowest BCUT2D eigenvalue weighted by atomic mass is 9.64. The Morgan fingerprint density at radius 3 is 2.00 bits per heavy atom. The molecular weight excluding hydrogens is 292 g/mol. The highest BCUT2D eigenvalue weighted by atomic mass is 16.3. The van der Waals surface area contributed by atoms with E-state index >= 15 is 0 Å². The molecule has 0 spiro atoms. The van der Waals surface area contributed by atoms with Crippen molar-refractivity contribution < 1.29 is 5.11 Å². The maximum Gasteiger partial charge on any atom is 0.0642 e. The van der Waals surface area contributed by atoms with Crippen molar-refractivity contribution in [3.8, 4) is 0 Å². The van der Waals surface area contributed by atoms with E-state index in [9.17, 15) is 5.11 Å². The second-order valence-corrected chi connectivity index (χ2v) is 6.90. The Balaban J connectivity index is 2.18. The van der Waals surface area contributed by atoms with Gasteiger partial charge in [-0.2, -0.15) is 0 Å². The van der Waals surface area contributed by atoms with Crippen molar-refractivity contribution in [2.75, 3.05) is 0 Å². The zero-order chi connectivity index (χ0) is 17.4. The molecule has 2 aromatic carbocycles. The summed E-state index contributed by atoms with van der Waals surface area (Å²) in [6, 6.07) is 20.9. The minimum atomic E-state index is -0.358. The Kier molecular flexibility index (Phi) is 7.05. The summed E-state index contributed by atoms with van der Waals surface area (Å²) in [5.41, 5.74) is 2.40. The predicted molar refractivity (Wildman–Crippen MR) is 103 cm³/mol. The van der Waals surface area contributed by atoms with Crippen molar-refractivity contribution in [1.82, 2.24) is 0 Å². The molecule has 129 valence electrons. The van der Waals surface area contributed by atoms with Gasteiger partial charge < -0.3 is 5.11 Å². The minimum Gasteiger partial charge on any atom is -0.392 e. The fourth-order valence-electron chi connectivity index (χ4n) is 3.78. The summed E-state index contributed by atoms with van der Waals surface area (Å²) in [6.07, 6.45) is 5.67. The molecule has 0 aromatic heterocycles. The normalized spacial score (nSPS) is 16.3. The highest BCUT2D eigenvalue weighted by Gasteiger charge is 2.40. The van der Waals surface area contributed by atoms with Gasteiger partial charge in [0.1, 0.15) is 0 Å². The Hall–Kier alpha value is -1.60. The Bertz CT molecular complexity index is 577. The van der Waals surface area contributed by atoms with E-state index in [4.69, 9.17) is 0 Å². The highest BCUT2D eigenvalue weighted by Crippen LogP contribution is 2.42. The van der Waals surface area contributed by atoms with Crippen LogP contribution < -0.4 is 0 Å². The van der Waals surface area contributed by atoms with Crippen LogP contribution in [0.3, 0.4) is 0 Å². The third kappa shape index (κ3) is 4.48. The number of benzene rings is 2. The van der Waals surface area contributed by atoms with Crippen LogP contribution in [0.4, 0.5) is 0 Å². The summed E-state index contributed by atoms with van der Waals surface area (Å²) in [7, 11) is 0. The molecule has 1 radical (unpaired) electrons. The highest BCUT2D eigenvalue weighted by molar-refractivity contribution is 5.19.